The summed E-state index contributed by atoms with van der Waals surface area (Å²) < 4.78 is 0. The summed E-state index contributed by atoms with van der Waals surface area (Å²) in [6.07, 6.45) is 2.81. The van der Waals surface area contributed by atoms with E-state index in [0.717, 1.165) is 38.9 Å². The van der Waals surface area contributed by atoms with Gasteiger partial charge in [-0.1, -0.05) is 24.3 Å². The van der Waals surface area contributed by atoms with E-state index in [2.05, 4.69) is 10.3 Å². The highest BCUT2D eigenvalue weighted by molar-refractivity contribution is 5.99. The summed E-state index contributed by atoms with van der Waals surface area (Å²) in [6, 6.07) is 13.7. The lowest BCUT2D eigenvalue weighted by atomic mass is 10.0. The molecule has 0 spiro atoms. The zero-order chi connectivity index (χ0) is 17.4. The predicted octanol–water partition coefficient (Wildman–Crippen LogP) is 2.35. The molecule has 5 heteroatoms. The van der Waals surface area contributed by atoms with Crippen molar-refractivity contribution >= 4 is 28.2 Å². The lowest BCUT2D eigenvalue weighted by molar-refractivity contribution is 0.0955. The average molecular weight is 336 g/mol. The standard InChI is InChI=1S/C20H20N2O3/c23-11-14(24)7-12-5-6-18-16(8-12)13(10-21-18)9-17-15-3-1-2-4-19(15)22-20(17)25/h1-6,8-10,14,20-25H,7,11H2. The van der Waals surface area contributed by atoms with Gasteiger partial charge in [0.2, 0.25) is 0 Å². The average Bonchev–Trinajstić information content (AvgIpc) is 3.16. The number of aliphatic hydroxyl groups excluding tert-OH is 3. The number of hydrogen-bond acceptors (Lipinski definition) is 4. The Morgan fingerprint density at radius 3 is 2.84 bits per heavy atom. The molecule has 0 fully saturated rings. The normalized spacial score (nSPS) is 19.2. The second kappa shape index (κ2) is 6.37. The minimum Gasteiger partial charge on any atom is -0.394 e. The topological polar surface area (TPSA) is 88.5 Å². The van der Waals surface area contributed by atoms with Crippen molar-refractivity contribution in [2.45, 2.75) is 18.8 Å². The lowest BCUT2D eigenvalue weighted by Gasteiger charge is -2.08. The van der Waals surface area contributed by atoms with Gasteiger partial charge in [-0.25, -0.2) is 0 Å². The van der Waals surface area contributed by atoms with Crippen LogP contribution in [0, 0.1) is 0 Å². The predicted molar refractivity (Wildman–Crippen MR) is 99.0 cm³/mol. The second-order valence-electron chi connectivity index (χ2n) is 6.36. The van der Waals surface area contributed by atoms with Crippen LogP contribution in [-0.4, -0.2) is 39.2 Å². The van der Waals surface area contributed by atoms with Crippen molar-refractivity contribution in [2.75, 3.05) is 11.9 Å². The van der Waals surface area contributed by atoms with Crippen molar-refractivity contribution in [3.63, 3.8) is 0 Å². The quantitative estimate of drug-likeness (QED) is 0.506. The van der Waals surface area contributed by atoms with Crippen LogP contribution in [0.4, 0.5) is 5.69 Å². The number of anilines is 1. The highest BCUT2D eigenvalue weighted by Crippen LogP contribution is 2.36. The van der Waals surface area contributed by atoms with Crippen LogP contribution in [0.1, 0.15) is 16.7 Å². The number of para-hydroxylation sites is 1. The molecule has 0 bridgehead atoms. The van der Waals surface area contributed by atoms with Gasteiger partial charge in [0, 0.05) is 45.9 Å². The number of benzene rings is 2. The fourth-order valence-electron chi connectivity index (χ4n) is 3.33. The maximum absolute atomic E-state index is 10.3. The van der Waals surface area contributed by atoms with Crippen LogP contribution >= 0.6 is 0 Å². The van der Waals surface area contributed by atoms with E-state index in [1.807, 2.05) is 54.7 Å². The molecule has 3 aromatic rings. The first-order valence-electron chi connectivity index (χ1n) is 8.30. The van der Waals surface area contributed by atoms with Crippen molar-refractivity contribution in [3.8, 4) is 0 Å². The summed E-state index contributed by atoms with van der Waals surface area (Å²) in [5.41, 5.74) is 5.67. The van der Waals surface area contributed by atoms with Gasteiger partial charge in [0.05, 0.1) is 12.7 Å². The van der Waals surface area contributed by atoms with Crippen LogP contribution in [0.15, 0.2) is 48.7 Å². The van der Waals surface area contributed by atoms with Crippen molar-refractivity contribution in [1.82, 2.24) is 4.98 Å². The largest absolute Gasteiger partial charge is 0.394 e. The minimum absolute atomic E-state index is 0.253. The first kappa shape index (κ1) is 15.9. The first-order chi connectivity index (χ1) is 12.2. The zero-order valence-electron chi connectivity index (χ0n) is 13.6. The summed E-state index contributed by atoms with van der Waals surface area (Å²) in [6.45, 7) is -0.253. The SMILES string of the molecule is OCC(O)Cc1ccc2[nH]cc(C=C3c4ccccc4NC3O)c2c1. The molecule has 128 valence electrons. The van der Waals surface area contributed by atoms with Crippen LogP contribution in [0.2, 0.25) is 0 Å². The number of aliphatic hydroxyl groups is 3. The van der Waals surface area contributed by atoms with Gasteiger partial charge in [0.15, 0.2) is 6.23 Å². The molecule has 4 rings (SSSR count). The molecular weight excluding hydrogens is 316 g/mol. The molecule has 0 amide bonds. The molecule has 1 aliphatic heterocycles. The van der Waals surface area contributed by atoms with Crippen LogP contribution in [0.3, 0.4) is 0 Å². The minimum atomic E-state index is -0.758. The smallest absolute Gasteiger partial charge is 0.151 e. The van der Waals surface area contributed by atoms with Gasteiger partial charge < -0.3 is 25.6 Å². The molecule has 0 saturated carbocycles. The Morgan fingerprint density at radius 2 is 2.00 bits per heavy atom. The third-order valence-electron chi connectivity index (χ3n) is 4.60. The Balaban J connectivity index is 1.76. The molecule has 2 atom stereocenters. The molecule has 1 aromatic heterocycles. The summed E-state index contributed by atoms with van der Waals surface area (Å²) in [5.74, 6) is 0. The van der Waals surface area contributed by atoms with Gasteiger partial charge in [-0.3, -0.25) is 0 Å². The molecule has 1 aliphatic rings. The van der Waals surface area contributed by atoms with E-state index >= 15 is 0 Å². The second-order valence-corrected chi connectivity index (χ2v) is 6.36. The molecule has 0 saturated heterocycles. The number of rotatable bonds is 4. The summed E-state index contributed by atoms with van der Waals surface area (Å²) in [7, 11) is 0. The van der Waals surface area contributed by atoms with Gasteiger partial charge in [0.25, 0.3) is 0 Å². The van der Waals surface area contributed by atoms with Crippen LogP contribution < -0.4 is 5.32 Å². The van der Waals surface area contributed by atoms with E-state index in [1.54, 1.807) is 0 Å². The molecule has 2 unspecified atom stereocenters. The fourth-order valence-corrected chi connectivity index (χ4v) is 3.33. The van der Waals surface area contributed by atoms with Crippen molar-refractivity contribution in [1.29, 1.82) is 0 Å². The van der Waals surface area contributed by atoms with E-state index in [0.29, 0.717) is 6.42 Å². The van der Waals surface area contributed by atoms with Gasteiger partial charge >= 0.3 is 0 Å². The maximum atomic E-state index is 10.3. The fraction of sp³-hybridized carbons (Fsp3) is 0.200. The summed E-state index contributed by atoms with van der Waals surface area (Å²) >= 11 is 0. The number of nitrogens with one attached hydrogen (secondary N) is 2. The van der Waals surface area contributed by atoms with E-state index in [4.69, 9.17) is 5.11 Å². The summed E-state index contributed by atoms with van der Waals surface area (Å²) in [4.78, 5) is 3.24. The molecule has 2 aromatic carbocycles. The van der Waals surface area contributed by atoms with Gasteiger partial charge in [-0.15, -0.1) is 0 Å². The highest BCUT2D eigenvalue weighted by atomic mass is 16.3. The molecule has 5 nitrogen and oxygen atoms in total. The Morgan fingerprint density at radius 1 is 1.16 bits per heavy atom. The molecule has 0 radical (unpaired) electrons. The first-order valence-corrected chi connectivity index (χ1v) is 8.30. The van der Waals surface area contributed by atoms with Gasteiger partial charge in [-0.2, -0.15) is 0 Å². The Labute approximate surface area is 145 Å². The third kappa shape index (κ3) is 2.93. The molecule has 25 heavy (non-hydrogen) atoms. The molecular formula is C20H20N2O3. The van der Waals surface area contributed by atoms with Gasteiger partial charge in [-0.05, 0) is 29.8 Å². The number of hydrogen-bond donors (Lipinski definition) is 5. The lowest BCUT2D eigenvalue weighted by Crippen LogP contribution is -2.14. The summed E-state index contributed by atoms with van der Waals surface area (Å²) in [5, 5.41) is 33.1. The molecule has 0 aliphatic carbocycles. The zero-order valence-corrected chi connectivity index (χ0v) is 13.6. The number of aromatic amines is 1. The van der Waals surface area contributed by atoms with Crippen molar-refractivity contribution in [3.05, 3.63) is 65.4 Å². The highest BCUT2D eigenvalue weighted by Gasteiger charge is 2.23. The maximum Gasteiger partial charge on any atom is 0.151 e. The molecule has 2 heterocycles. The number of fused-ring (bicyclic) bond motifs is 2. The Kier molecular flexibility index (Phi) is 4.05. The van der Waals surface area contributed by atoms with E-state index in [9.17, 15) is 10.2 Å². The van der Waals surface area contributed by atoms with E-state index < -0.39 is 12.3 Å². The van der Waals surface area contributed by atoms with Crippen LogP contribution in [-0.2, 0) is 6.42 Å². The van der Waals surface area contributed by atoms with E-state index in [1.165, 1.54) is 0 Å². The van der Waals surface area contributed by atoms with Crippen molar-refractivity contribution in [2.24, 2.45) is 0 Å². The third-order valence-corrected chi connectivity index (χ3v) is 4.60. The van der Waals surface area contributed by atoms with Crippen LogP contribution in [0.5, 0.6) is 0 Å². The van der Waals surface area contributed by atoms with E-state index in [-0.39, 0.29) is 6.61 Å². The van der Waals surface area contributed by atoms with Crippen LogP contribution in [0.25, 0.3) is 22.6 Å². The Hall–Kier alpha value is -2.60. The molecule has 5 N–H and O–H groups in total. The van der Waals surface area contributed by atoms with Gasteiger partial charge in [0.1, 0.15) is 0 Å². The Bertz CT molecular complexity index is 945. The number of H-pyrrole nitrogens is 1. The van der Waals surface area contributed by atoms with Crippen molar-refractivity contribution < 1.29 is 15.3 Å². The number of aromatic nitrogens is 1. The monoisotopic (exact) mass is 336 g/mol.